The lowest BCUT2D eigenvalue weighted by Gasteiger charge is -2.30. The molecule has 1 amide bonds. The van der Waals surface area contributed by atoms with Crippen molar-refractivity contribution < 1.29 is 9.53 Å². The number of hydrogen-bond acceptors (Lipinski definition) is 3. The molecule has 1 aliphatic rings. The highest BCUT2D eigenvalue weighted by Gasteiger charge is 2.21. The van der Waals surface area contributed by atoms with E-state index in [1.165, 1.54) is 0 Å². The SMILES string of the molecule is CN1CC(NCCOc2ccccc2)CCC1=O. The Morgan fingerprint density at radius 1 is 1.39 bits per heavy atom. The third kappa shape index (κ3) is 3.74. The van der Waals surface area contributed by atoms with E-state index in [9.17, 15) is 4.79 Å². The Bertz CT molecular complexity index is 381. The number of benzene rings is 1. The zero-order valence-electron chi connectivity index (χ0n) is 10.8. The van der Waals surface area contributed by atoms with E-state index in [1.807, 2.05) is 37.4 Å². The molecule has 0 aliphatic carbocycles. The number of ether oxygens (including phenoxy) is 1. The monoisotopic (exact) mass is 248 g/mol. The first-order valence-electron chi connectivity index (χ1n) is 6.41. The fourth-order valence-electron chi connectivity index (χ4n) is 2.13. The number of para-hydroxylation sites is 1. The molecule has 98 valence electrons. The normalized spacial score (nSPS) is 19.9. The molecule has 0 aromatic heterocycles. The topological polar surface area (TPSA) is 41.6 Å². The molecule has 0 saturated carbocycles. The van der Waals surface area contributed by atoms with Crippen LogP contribution in [-0.4, -0.2) is 43.6 Å². The number of carbonyl (C=O) groups excluding carboxylic acids is 1. The highest BCUT2D eigenvalue weighted by molar-refractivity contribution is 5.76. The Morgan fingerprint density at radius 3 is 2.89 bits per heavy atom. The molecule has 1 unspecified atom stereocenters. The van der Waals surface area contributed by atoms with Gasteiger partial charge in [0, 0.05) is 32.6 Å². The minimum atomic E-state index is 0.244. The van der Waals surface area contributed by atoms with E-state index in [0.717, 1.165) is 25.3 Å². The Hall–Kier alpha value is -1.55. The minimum Gasteiger partial charge on any atom is -0.492 e. The van der Waals surface area contributed by atoms with Crippen molar-refractivity contribution in [3.05, 3.63) is 30.3 Å². The highest BCUT2D eigenvalue weighted by atomic mass is 16.5. The van der Waals surface area contributed by atoms with Crippen LogP contribution in [0.5, 0.6) is 5.75 Å². The fourth-order valence-corrected chi connectivity index (χ4v) is 2.13. The lowest BCUT2D eigenvalue weighted by atomic mass is 10.1. The summed E-state index contributed by atoms with van der Waals surface area (Å²) in [5.41, 5.74) is 0. The molecular weight excluding hydrogens is 228 g/mol. The summed E-state index contributed by atoms with van der Waals surface area (Å²) in [7, 11) is 1.86. The second-order valence-electron chi connectivity index (χ2n) is 4.63. The van der Waals surface area contributed by atoms with E-state index in [1.54, 1.807) is 4.90 Å². The summed E-state index contributed by atoms with van der Waals surface area (Å²) >= 11 is 0. The second kappa shape index (κ2) is 6.40. The van der Waals surface area contributed by atoms with Gasteiger partial charge in [0.25, 0.3) is 0 Å². The van der Waals surface area contributed by atoms with Crippen LogP contribution in [0.4, 0.5) is 0 Å². The largest absolute Gasteiger partial charge is 0.492 e. The van der Waals surface area contributed by atoms with Crippen LogP contribution in [0.1, 0.15) is 12.8 Å². The Morgan fingerprint density at radius 2 is 2.17 bits per heavy atom. The van der Waals surface area contributed by atoms with E-state index in [0.29, 0.717) is 19.1 Å². The molecule has 1 heterocycles. The van der Waals surface area contributed by atoms with Crippen LogP contribution in [-0.2, 0) is 4.79 Å². The first kappa shape index (κ1) is 12.9. The molecule has 2 rings (SSSR count). The van der Waals surface area contributed by atoms with Gasteiger partial charge in [-0.15, -0.1) is 0 Å². The van der Waals surface area contributed by atoms with Crippen LogP contribution in [0.3, 0.4) is 0 Å². The smallest absolute Gasteiger partial charge is 0.222 e. The summed E-state index contributed by atoms with van der Waals surface area (Å²) in [5.74, 6) is 1.14. The van der Waals surface area contributed by atoms with Gasteiger partial charge in [-0.05, 0) is 18.6 Å². The zero-order chi connectivity index (χ0) is 12.8. The van der Waals surface area contributed by atoms with E-state index in [2.05, 4.69) is 5.32 Å². The van der Waals surface area contributed by atoms with Gasteiger partial charge in [0.05, 0.1) is 0 Å². The molecule has 4 heteroatoms. The molecule has 4 nitrogen and oxygen atoms in total. The summed E-state index contributed by atoms with van der Waals surface area (Å²) in [5, 5.41) is 3.42. The third-order valence-corrected chi connectivity index (χ3v) is 3.17. The molecule has 1 aromatic carbocycles. The summed E-state index contributed by atoms with van der Waals surface area (Å²) in [6, 6.07) is 10.2. The summed E-state index contributed by atoms with van der Waals surface area (Å²) < 4.78 is 5.60. The number of carbonyl (C=O) groups is 1. The van der Waals surface area contributed by atoms with Gasteiger partial charge in [-0.25, -0.2) is 0 Å². The van der Waals surface area contributed by atoms with Crippen molar-refractivity contribution >= 4 is 5.91 Å². The summed E-state index contributed by atoms with van der Waals surface area (Å²) in [4.78, 5) is 13.1. The van der Waals surface area contributed by atoms with E-state index >= 15 is 0 Å². The summed E-state index contributed by atoms with van der Waals surface area (Å²) in [6.45, 7) is 2.25. The molecule has 18 heavy (non-hydrogen) atoms. The maximum Gasteiger partial charge on any atom is 0.222 e. The number of rotatable bonds is 5. The van der Waals surface area contributed by atoms with Crippen molar-refractivity contribution in [1.29, 1.82) is 0 Å². The van der Waals surface area contributed by atoms with Crippen LogP contribution in [0.15, 0.2) is 30.3 Å². The number of piperidine rings is 1. The molecule has 0 radical (unpaired) electrons. The van der Waals surface area contributed by atoms with Gasteiger partial charge < -0.3 is 15.0 Å². The summed E-state index contributed by atoms with van der Waals surface area (Å²) in [6.07, 6.45) is 1.57. The van der Waals surface area contributed by atoms with E-state index in [-0.39, 0.29) is 5.91 Å². The van der Waals surface area contributed by atoms with Gasteiger partial charge in [-0.2, -0.15) is 0 Å². The van der Waals surface area contributed by atoms with Crippen molar-refractivity contribution in [3.8, 4) is 5.75 Å². The molecule has 1 N–H and O–H groups in total. The molecule has 0 bridgehead atoms. The van der Waals surface area contributed by atoms with Gasteiger partial charge >= 0.3 is 0 Å². The van der Waals surface area contributed by atoms with Gasteiger partial charge in [0.1, 0.15) is 12.4 Å². The molecule has 0 spiro atoms. The van der Waals surface area contributed by atoms with E-state index < -0.39 is 0 Å². The van der Waals surface area contributed by atoms with Gasteiger partial charge in [0.15, 0.2) is 0 Å². The molecule has 1 fully saturated rings. The van der Waals surface area contributed by atoms with Gasteiger partial charge in [-0.1, -0.05) is 18.2 Å². The quantitative estimate of drug-likeness (QED) is 0.798. The number of likely N-dealkylation sites (tertiary alicyclic amines) is 1. The van der Waals surface area contributed by atoms with E-state index in [4.69, 9.17) is 4.74 Å². The fraction of sp³-hybridized carbons (Fsp3) is 0.500. The number of nitrogens with zero attached hydrogens (tertiary/aromatic N) is 1. The molecule has 1 aromatic rings. The number of nitrogens with one attached hydrogen (secondary N) is 1. The van der Waals surface area contributed by atoms with Crippen molar-refractivity contribution in [2.75, 3.05) is 26.7 Å². The molecule has 1 aliphatic heterocycles. The number of hydrogen-bond donors (Lipinski definition) is 1. The molecule has 1 atom stereocenters. The van der Waals surface area contributed by atoms with Crippen molar-refractivity contribution in [3.63, 3.8) is 0 Å². The minimum absolute atomic E-state index is 0.244. The Kier molecular flexibility index (Phi) is 4.59. The zero-order valence-corrected chi connectivity index (χ0v) is 10.8. The third-order valence-electron chi connectivity index (χ3n) is 3.17. The van der Waals surface area contributed by atoms with Crippen molar-refractivity contribution in [2.24, 2.45) is 0 Å². The van der Waals surface area contributed by atoms with Crippen molar-refractivity contribution in [1.82, 2.24) is 10.2 Å². The molecular formula is C14H20N2O2. The number of likely N-dealkylation sites (N-methyl/N-ethyl adjacent to an activating group) is 1. The van der Waals surface area contributed by atoms with Crippen molar-refractivity contribution in [2.45, 2.75) is 18.9 Å². The van der Waals surface area contributed by atoms with Crippen LogP contribution in [0.25, 0.3) is 0 Å². The number of amides is 1. The van der Waals surface area contributed by atoms with Crippen LogP contribution >= 0.6 is 0 Å². The maximum absolute atomic E-state index is 11.3. The lowest BCUT2D eigenvalue weighted by molar-refractivity contribution is -0.132. The maximum atomic E-state index is 11.3. The van der Waals surface area contributed by atoms with Gasteiger partial charge in [0.2, 0.25) is 5.91 Å². The average Bonchev–Trinajstić information content (AvgIpc) is 2.40. The van der Waals surface area contributed by atoms with Crippen LogP contribution in [0.2, 0.25) is 0 Å². The predicted octanol–water partition coefficient (Wildman–Crippen LogP) is 1.28. The lowest BCUT2D eigenvalue weighted by Crippen LogP contribution is -2.47. The Balaban J connectivity index is 1.63. The Labute approximate surface area is 108 Å². The average molecular weight is 248 g/mol. The highest BCUT2D eigenvalue weighted by Crippen LogP contribution is 2.10. The molecule has 1 saturated heterocycles. The van der Waals surface area contributed by atoms with Crippen LogP contribution < -0.4 is 10.1 Å². The second-order valence-corrected chi connectivity index (χ2v) is 4.63. The standard InChI is InChI=1S/C14H20N2O2/c1-16-11-12(7-8-14(16)17)15-9-10-18-13-5-3-2-4-6-13/h2-6,12,15H,7-11H2,1H3. The predicted molar refractivity (Wildman–Crippen MR) is 70.6 cm³/mol. The first-order valence-corrected chi connectivity index (χ1v) is 6.41. The van der Waals surface area contributed by atoms with Crippen LogP contribution in [0, 0.1) is 0 Å². The van der Waals surface area contributed by atoms with Gasteiger partial charge in [-0.3, -0.25) is 4.79 Å². The first-order chi connectivity index (χ1) is 8.75.